The molecule has 0 saturated carbocycles. The minimum atomic E-state index is -0.999. The van der Waals surface area contributed by atoms with Crippen molar-refractivity contribution in [2.24, 2.45) is 0 Å². The summed E-state index contributed by atoms with van der Waals surface area (Å²) in [6, 6.07) is 6.66. The molecule has 0 atom stereocenters. The first-order chi connectivity index (χ1) is 13.4. The molecule has 3 aromatic heterocycles. The Hall–Kier alpha value is -2.55. The molecule has 3 heterocycles. The minimum absolute atomic E-state index is 0.00966. The van der Waals surface area contributed by atoms with Gasteiger partial charge < -0.3 is 10.4 Å². The van der Waals surface area contributed by atoms with Gasteiger partial charge in [0.15, 0.2) is 11.6 Å². The highest BCUT2D eigenvalue weighted by Gasteiger charge is 2.23. The number of amides is 1. The summed E-state index contributed by atoms with van der Waals surface area (Å²) >= 11 is 4.00. The van der Waals surface area contributed by atoms with Gasteiger partial charge in [0, 0.05) is 20.3 Å². The molecule has 0 saturated heterocycles. The highest BCUT2D eigenvalue weighted by Crippen LogP contribution is 2.41. The maximum Gasteiger partial charge on any atom is 0.265 e. The van der Waals surface area contributed by atoms with Crippen molar-refractivity contribution in [2.75, 3.05) is 5.32 Å². The van der Waals surface area contributed by atoms with Crippen LogP contribution in [0.3, 0.4) is 0 Å². The van der Waals surface area contributed by atoms with Crippen molar-refractivity contribution < 1.29 is 18.7 Å². The summed E-state index contributed by atoms with van der Waals surface area (Å²) in [6.07, 6.45) is 0. The Morgan fingerprint density at radius 2 is 1.93 bits per heavy atom. The number of hydrogen-bond donors (Lipinski definition) is 2. The zero-order valence-electron chi connectivity index (χ0n) is 14.5. The number of anilines is 1. The Kier molecular flexibility index (Phi) is 4.78. The zero-order valence-corrected chi connectivity index (χ0v) is 17.0. The van der Waals surface area contributed by atoms with Crippen LogP contribution in [0.25, 0.3) is 25.6 Å². The number of carbonyl (C=O) groups excluding carboxylic acids is 1. The fraction of sp³-hybridized carbons (Fsp3) is 0.0500. The highest BCUT2D eigenvalue weighted by atomic mass is 32.1. The molecule has 8 heteroatoms. The number of aliphatic hydroxyl groups excluding tert-OH is 1. The number of thiophene rings is 3. The first-order valence-corrected chi connectivity index (χ1v) is 10.7. The molecule has 0 aliphatic rings. The van der Waals surface area contributed by atoms with E-state index in [9.17, 15) is 18.7 Å². The zero-order chi connectivity index (χ0) is 20.0. The van der Waals surface area contributed by atoms with Crippen LogP contribution in [0.2, 0.25) is 0 Å². The monoisotopic (exact) mass is 433 g/mol. The molecule has 28 heavy (non-hydrogen) atoms. The van der Waals surface area contributed by atoms with Gasteiger partial charge in [0.05, 0.1) is 21.0 Å². The van der Waals surface area contributed by atoms with Crippen LogP contribution >= 0.6 is 34.0 Å². The Labute approximate surface area is 171 Å². The largest absolute Gasteiger partial charge is 0.508 e. The fourth-order valence-corrected chi connectivity index (χ4v) is 5.86. The lowest BCUT2D eigenvalue weighted by Crippen LogP contribution is -2.10. The van der Waals surface area contributed by atoms with Gasteiger partial charge in [-0.15, -0.1) is 34.0 Å². The maximum atomic E-state index is 14.4. The summed E-state index contributed by atoms with van der Waals surface area (Å²) in [4.78, 5) is 13.5. The van der Waals surface area contributed by atoms with Crippen molar-refractivity contribution in [1.82, 2.24) is 0 Å². The third-order valence-corrected chi connectivity index (χ3v) is 7.32. The van der Waals surface area contributed by atoms with Crippen LogP contribution in [-0.2, 0) is 0 Å². The van der Waals surface area contributed by atoms with E-state index in [0.29, 0.717) is 15.4 Å². The molecular formula is C20H13F2NO2S3. The van der Waals surface area contributed by atoms with Crippen LogP contribution < -0.4 is 5.32 Å². The summed E-state index contributed by atoms with van der Waals surface area (Å²) in [6.45, 7) is 4.99. The molecule has 0 aliphatic carbocycles. The summed E-state index contributed by atoms with van der Waals surface area (Å²) < 4.78 is 30.5. The van der Waals surface area contributed by atoms with Crippen molar-refractivity contribution >= 4 is 60.8 Å². The molecule has 3 nitrogen and oxygen atoms in total. The topological polar surface area (TPSA) is 49.3 Å². The van der Waals surface area contributed by atoms with Gasteiger partial charge in [-0.3, -0.25) is 4.79 Å². The van der Waals surface area contributed by atoms with E-state index in [2.05, 4.69) is 11.9 Å². The SMILES string of the molecule is C=C(O)c1c(NC(=O)c2cc3sccc3s2)csc1-c1ccc(C)c(F)c1F. The number of nitrogens with one attached hydrogen (secondary N) is 1. The van der Waals surface area contributed by atoms with Gasteiger partial charge in [-0.05, 0) is 30.0 Å². The summed E-state index contributed by atoms with van der Waals surface area (Å²) in [5.41, 5.74) is 0.678. The lowest BCUT2D eigenvalue weighted by Gasteiger charge is -2.09. The predicted molar refractivity (Wildman–Crippen MR) is 114 cm³/mol. The summed E-state index contributed by atoms with van der Waals surface area (Å²) in [5.74, 6) is -2.61. The van der Waals surface area contributed by atoms with Crippen molar-refractivity contribution in [1.29, 1.82) is 0 Å². The minimum Gasteiger partial charge on any atom is -0.508 e. The van der Waals surface area contributed by atoms with E-state index >= 15 is 0 Å². The predicted octanol–water partition coefficient (Wildman–Crippen LogP) is 7.06. The van der Waals surface area contributed by atoms with Crippen LogP contribution in [0.1, 0.15) is 20.8 Å². The second-order valence-corrected chi connectivity index (χ2v) is 8.98. The third kappa shape index (κ3) is 3.13. The molecule has 1 aromatic carbocycles. The number of hydrogen-bond acceptors (Lipinski definition) is 5. The van der Waals surface area contributed by atoms with E-state index in [4.69, 9.17) is 0 Å². The number of benzene rings is 1. The van der Waals surface area contributed by atoms with Crippen LogP contribution in [-0.4, -0.2) is 11.0 Å². The van der Waals surface area contributed by atoms with Crippen LogP contribution in [0.5, 0.6) is 0 Å². The first-order valence-electron chi connectivity index (χ1n) is 8.10. The molecule has 1 amide bonds. The third-order valence-electron chi connectivity index (χ3n) is 4.21. The molecule has 4 rings (SSSR count). The van der Waals surface area contributed by atoms with E-state index in [-0.39, 0.29) is 28.4 Å². The second kappa shape index (κ2) is 7.12. The standard InChI is InChI=1S/C20H13F2NO2S3/c1-9-3-4-11(18(22)17(9)21)19-16(10(2)24)12(8-27-19)23-20(25)15-7-14-13(28-15)5-6-26-14/h3-8,24H,2H2,1H3,(H,23,25). The quantitative estimate of drug-likeness (QED) is 0.339. The highest BCUT2D eigenvalue weighted by molar-refractivity contribution is 7.28. The molecule has 0 bridgehead atoms. The average Bonchev–Trinajstić information content (AvgIpc) is 3.34. The molecule has 4 aromatic rings. The van der Waals surface area contributed by atoms with Crippen molar-refractivity contribution in [3.8, 4) is 10.4 Å². The van der Waals surface area contributed by atoms with E-state index in [1.807, 2.05) is 11.4 Å². The normalized spacial score (nSPS) is 11.1. The first kappa shape index (κ1) is 18.8. The number of carbonyl (C=O) groups is 1. The number of aliphatic hydroxyl groups is 1. The maximum absolute atomic E-state index is 14.4. The van der Waals surface area contributed by atoms with Gasteiger partial charge in [0.1, 0.15) is 5.76 Å². The van der Waals surface area contributed by atoms with Gasteiger partial charge in [0.2, 0.25) is 0 Å². The number of halogens is 2. The van der Waals surface area contributed by atoms with Gasteiger partial charge >= 0.3 is 0 Å². The van der Waals surface area contributed by atoms with Gasteiger partial charge in [-0.25, -0.2) is 8.78 Å². The fourth-order valence-electron chi connectivity index (χ4n) is 2.82. The Bertz CT molecular complexity index is 1210. The van der Waals surface area contributed by atoms with Gasteiger partial charge in [0.25, 0.3) is 5.91 Å². The molecule has 2 N–H and O–H groups in total. The average molecular weight is 434 g/mol. The number of fused-ring (bicyclic) bond motifs is 1. The van der Waals surface area contributed by atoms with Gasteiger partial charge in [-0.1, -0.05) is 18.7 Å². The van der Waals surface area contributed by atoms with E-state index < -0.39 is 11.6 Å². The van der Waals surface area contributed by atoms with E-state index in [0.717, 1.165) is 20.7 Å². The van der Waals surface area contributed by atoms with Crippen LogP contribution in [0.15, 0.2) is 41.6 Å². The number of rotatable bonds is 4. The number of aryl methyl sites for hydroxylation is 1. The Morgan fingerprint density at radius 1 is 1.14 bits per heavy atom. The Balaban J connectivity index is 1.73. The molecule has 0 fully saturated rings. The lowest BCUT2D eigenvalue weighted by atomic mass is 10.0. The molecular weight excluding hydrogens is 420 g/mol. The smallest absolute Gasteiger partial charge is 0.265 e. The van der Waals surface area contributed by atoms with Crippen LogP contribution in [0.4, 0.5) is 14.5 Å². The molecule has 0 radical (unpaired) electrons. The van der Waals surface area contributed by atoms with Crippen molar-refractivity contribution in [2.45, 2.75) is 6.92 Å². The summed E-state index contributed by atoms with van der Waals surface area (Å²) in [5, 5.41) is 16.3. The van der Waals surface area contributed by atoms with E-state index in [1.165, 1.54) is 30.4 Å². The van der Waals surface area contributed by atoms with Crippen molar-refractivity contribution in [3.05, 3.63) is 69.2 Å². The van der Waals surface area contributed by atoms with E-state index in [1.54, 1.807) is 22.8 Å². The van der Waals surface area contributed by atoms with Gasteiger partial charge in [-0.2, -0.15) is 0 Å². The van der Waals surface area contributed by atoms with Crippen molar-refractivity contribution in [3.63, 3.8) is 0 Å². The lowest BCUT2D eigenvalue weighted by molar-refractivity contribution is 0.103. The molecule has 0 unspecified atom stereocenters. The van der Waals surface area contributed by atoms with Crippen LogP contribution in [0, 0.1) is 18.6 Å². The molecule has 0 spiro atoms. The summed E-state index contributed by atoms with van der Waals surface area (Å²) in [7, 11) is 0. The molecule has 142 valence electrons. The molecule has 0 aliphatic heterocycles. The Morgan fingerprint density at radius 3 is 2.64 bits per heavy atom. The second-order valence-electron chi connectivity index (χ2n) is 6.07.